The zero-order valence-corrected chi connectivity index (χ0v) is 11.0. The molecule has 140 valence electrons. The van der Waals surface area contributed by atoms with E-state index in [-0.39, 0.29) is 0 Å². The van der Waals surface area contributed by atoms with Crippen LogP contribution in [0.25, 0.3) is 0 Å². The van der Waals surface area contributed by atoms with Gasteiger partial charge in [-0.25, -0.2) is 0 Å². The molecule has 0 N–H and O–H groups in total. The summed E-state index contributed by atoms with van der Waals surface area (Å²) in [6.45, 7) is -2.45. The third-order valence-electron chi connectivity index (χ3n) is 1.89. The molecule has 0 amide bonds. The maximum absolute atomic E-state index is 12.2. The van der Waals surface area contributed by atoms with E-state index in [4.69, 9.17) is 11.6 Å². The molecule has 0 aromatic rings. The second-order valence-corrected chi connectivity index (χ2v) is 3.97. The summed E-state index contributed by atoms with van der Waals surface area (Å²) in [5, 5.41) is -2.64. The van der Waals surface area contributed by atoms with Crippen LogP contribution in [-0.2, 0) is 4.84 Å². The van der Waals surface area contributed by atoms with Crippen molar-refractivity contribution in [1.82, 2.24) is 9.96 Å². The van der Waals surface area contributed by atoms with Gasteiger partial charge in [-0.05, 0) is 0 Å². The first-order chi connectivity index (χ1) is 9.90. The normalized spacial score (nSPS) is 16.3. The number of hydroxylamine groups is 2. The Hall–Kier alpha value is -0.670. The molecule has 16 heteroatoms. The first-order valence-electron chi connectivity index (χ1n) is 4.98. The minimum Gasteiger partial charge on any atom is -0.278 e. The molecule has 0 aliphatic rings. The Morgan fingerprint density at radius 1 is 0.696 bits per heavy atom. The van der Waals surface area contributed by atoms with Gasteiger partial charge in [0, 0.05) is 11.6 Å². The van der Waals surface area contributed by atoms with Gasteiger partial charge < -0.3 is 0 Å². The number of alkyl halides is 13. The highest BCUT2D eigenvalue weighted by atomic mass is 35.5. The Bertz CT molecular complexity index is 312. The van der Waals surface area contributed by atoms with E-state index in [0.29, 0.717) is 0 Å². The van der Waals surface area contributed by atoms with Crippen molar-refractivity contribution in [3.63, 3.8) is 0 Å². The first kappa shape index (κ1) is 22.3. The van der Waals surface area contributed by atoms with E-state index in [1.54, 1.807) is 0 Å². The lowest BCUT2D eigenvalue weighted by molar-refractivity contribution is -0.493. The van der Waals surface area contributed by atoms with E-state index in [1.807, 2.05) is 0 Å². The summed E-state index contributed by atoms with van der Waals surface area (Å²) in [6, 6.07) is 0. The van der Waals surface area contributed by atoms with Gasteiger partial charge in [0.2, 0.25) is 0 Å². The molecular formula is C7H5ClF12N2O. The fraction of sp³-hybridized carbons (Fsp3) is 1.00. The number of rotatable bonds is 5. The first-order valence-corrected chi connectivity index (χ1v) is 5.51. The van der Waals surface area contributed by atoms with Gasteiger partial charge >= 0.3 is 25.2 Å². The smallest absolute Gasteiger partial charge is 0.278 e. The minimum atomic E-state index is -6.27. The van der Waals surface area contributed by atoms with Crippen molar-refractivity contribution < 1.29 is 57.5 Å². The summed E-state index contributed by atoms with van der Waals surface area (Å²) >= 11 is 4.81. The average molecular weight is 397 g/mol. The lowest BCUT2D eigenvalue weighted by atomic mass is 10.4. The molecule has 0 aliphatic heterocycles. The summed E-state index contributed by atoms with van der Waals surface area (Å²) in [5.41, 5.74) is 0. The molecule has 0 radical (unpaired) electrons. The van der Waals surface area contributed by atoms with Crippen LogP contribution in [0.1, 0.15) is 0 Å². The monoisotopic (exact) mass is 396 g/mol. The second-order valence-electron chi connectivity index (χ2n) is 3.66. The predicted molar refractivity (Wildman–Crippen MR) is 48.4 cm³/mol. The number of hydrogen-bond donors (Lipinski definition) is 0. The lowest BCUT2D eigenvalue weighted by Crippen LogP contribution is -2.55. The van der Waals surface area contributed by atoms with Crippen molar-refractivity contribution in [1.29, 1.82) is 0 Å². The molecule has 1 atom stereocenters. The zero-order valence-electron chi connectivity index (χ0n) is 10.2. The Morgan fingerprint density at radius 2 is 1.04 bits per heavy atom. The highest BCUT2D eigenvalue weighted by Crippen LogP contribution is 2.37. The van der Waals surface area contributed by atoms with Gasteiger partial charge in [-0.3, -0.25) is 4.84 Å². The van der Waals surface area contributed by atoms with Crippen molar-refractivity contribution in [3.05, 3.63) is 0 Å². The van der Waals surface area contributed by atoms with Crippen molar-refractivity contribution >= 4 is 11.6 Å². The summed E-state index contributed by atoms with van der Waals surface area (Å²) in [7, 11) is 0. The van der Waals surface area contributed by atoms with Crippen LogP contribution >= 0.6 is 11.6 Å². The Labute approximate surface area is 124 Å². The largest absolute Gasteiger partial charge is 0.490 e. The van der Waals surface area contributed by atoms with Crippen molar-refractivity contribution in [2.45, 2.75) is 31.3 Å². The number of nitrogens with zero attached hydrogens (tertiary/aromatic N) is 2. The summed E-state index contributed by atoms with van der Waals surface area (Å²) < 4.78 is 146. The second kappa shape index (κ2) is 7.06. The van der Waals surface area contributed by atoms with Gasteiger partial charge in [0.15, 0.2) is 0 Å². The quantitative estimate of drug-likeness (QED) is 0.300. The third kappa shape index (κ3) is 7.17. The van der Waals surface area contributed by atoms with Crippen molar-refractivity contribution in [2.75, 3.05) is 12.4 Å². The van der Waals surface area contributed by atoms with E-state index < -0.39 is 53.7 Å². The molecule has 1 unspecified atom stereocenters. The van der Waals surface area contributed by atoms with Gasteiger partial charge in [0.25, 0.3) is 0 Å². The van der Waals surface area contributed by atoms with Crippen LogP contribution in [0.5, 0.6) is 0 Å². The molecule has 0 aromatic carbocycles. The van der Waals surface area contributed by atoms with Crippen LogP contribution in [0.15, 0.2) is 0 Å². The molecule has 23 heavy (non-hydrogen) atoms. The molecule has 0 spiro atoms. The standard InChI is InChI=1S/C7H5ClF12N2O/c8-1-3(2-21(4(9,10)11)5(12,13)14)23-22(6(15,16)17)7(18,19)20/h3H,1-2H2. The number of hydrogen-bond acceptors (Lipinski definition) is 3. The van der Waals surface area contributed by atoms with Crippen LogP contribution in [0.4, 0.5) is 52.7 Å². The average Bonchev–Trinajstić information content (AvgIpc) is 2.21. The van der Waals surface area contributed by atoms with Gasteiger partial charge in [-0.2, -0.15) is 52.7 Å². The van der Waals surface area contributed by atoms with Gasteiger partial charge in [0.05, 0.1) is 5.88 Å². The molecule has 0 heterocycles. The molecule has 0 rings (SSSR count). The molecule has 0 aromatic heterocycles. The van der Waals surface area contributed by atoms with E-state index in [9.17, 15) is 52.7 Å². The predicted octanol–water partition coefficient (Wildman–Crippen LogP) is 4.21. The van der Waals surface area contributed by atoms with E-state index >= 15 is 0 Å². The fourth-order valence-corrected chi connectivity index (χ4v) is 1.23. The van der Waals surface area contributed by atoms with Gasteiger partial charge in [-0.15, -0.1) is 16.5 Å². The number of halogens is 13. The molecular weight excluding hydrogens is 392 g/mol. The van der Waals surface area contributed by atoms with Crippen LogP contribution in [0.2, 0.25) is 0 Å². The maximum atomic E-state index is 12.2. The van der Waals surface area contributed by atoms with E-state index in [1.165, 1.54) is 0 Å². The Balaban J connectivity index is 5.36. The fourth-order valence-electron chi connectivity index (χ4n) is 1.08. The molecule has 0 saturated heterocycles. The molecule has 0 saturated carbocycles. The minimum absolute atomic E-state index is 1.52. The van der Waals surface area contributed by atoms with Crippen LogP contribution in [0.3, 0.4) is 0 Å². The van der Waals surface area contributed by atoms with Crippen LogP contribution < -0.4 is 0 Å². The van der Waals surface area contributed by atoms with Gasteiger partial charge in [0.1, 0.15) is 6.10 Å². The lowest BCUT2D eigenvalue weighted by Gasteiger charge is -2.33. The summed E-state index contributed by atoms with van der Waals surface area (Å²) in [6.07, 6.45) is -27.7. The Kier molecular flexibility index (Phi) is 6.86. The molecule has 0 fully saturated rings. The molecule has 0 bridgehead atoms. The topological polar surface area (TPSA) is 15.7 Å². The molecule has 0 aliphatic carbocycles. The molecule has 3 nitrogen and oxygen atoms in total. The Morgan fingerprint density at radius 3 is 1.26 bits per heavy atom. The van der Waals surface area contributed by atoms with Crippen molar-refractivity contribution in [3.8, 4) is 0 Å². The maximum Gasteiger partial charge on any atom is 0.490 e. The summed E-state index contributed by atoms with van der Waals surface area (Å²) in [4.78, 5) is 0.893. The van der Waals surface area contributed by atoms with Gasteiger partial charge in [-0.1, -0.05) is 0 Å². The van der Waals surface area contributed by atoms with Crippen molar-refractivity contribution in [2.24, 2.45) is 0 Å². The van der Waals surface area contributed by atoms with E-state index in [2.05, 4.69) is 4.84 Å². The zero-order chi connectivity index (χ0) is 18.9. The van der Waals surface area contributed by atoms with Crippen LogP contribution in [0, 0.1) is 0 Å². The highest BCUT2D eigenvalue weighted by molar-refractivity contribution is 6.18. The van der Waals surface area contributed by atoms with E-state index in [0.717, 1.165) is 0 Å². The van der Waals surface area contributed by atoms with Crippen LogP contribution in [-0.4, -0.2) is 53.7 Å². The summed E-state index contributed by atoms with van der Waals surface area (Å²) in [5.74, 6) is -1.52. The highest BCUT2D eigenvalue weighted by Gasteiger charge is 2.58. The third-order valence-corrected chi connectivity index (χ3v) is 2.23. The SMILES string of the molecule is FC(F)(F)N(CC(CCl)ON(C(F)(F)F)C(F)(F)F)C(F)(F)F.